The van der Waals surface area contributed by atoms with Crippen LogP contribution in [0.3, 0.4) is 0 Å². The van der Waals surface area contributed by atoms with E-state index in [0.29, 0.717) is 29.6 Å². The molecule has 122 valence electrons. The molecule has 3 rings (SSSR count). The quantitative estimate of drug-likeness (QED) is 0.928. The van der Waals surface area contributed by atoms with Gasteiger partial charge < -0.3 is 14.6 Å². The highest BCUT2D eigenvalue weighted by Gasteiger charge is 2.35. The Morgan fingerprint density at radius 3 is 2.83 bits per heavy atom. The third-order valence-electron chi connectivity index (χ3n) is 4.07. The number of benzene rings is 1. The average molecular weight is 335 g/mol. The molecule has 0 radical (unpaired) electrons. The van der Waals surface area contributed by atoms with E-state index in [4.69, 9.17) is 20.9 Å². The molecule has 0 saturated carbocycles. The number of hydrogen-bond donors (Lipinski definition) is 1. The Morgan fingerprint density at radius 1 is 1.35 bits per heavy atom. The molecular weight excluding hydrogens is 316 g/mol. The molecule has 2 aromatic rings. The second kappa shape index (κ2) is 6.72. The Balaban J connectivity index is 1.61. The maximum absolute atomic E-state index is 12.3. The van der Waals surface area contributed by atoms with Gasteiger partial charge in [-0.1, -0.05) is 16.8 Å². The van der Waals surface area contributed by atoms with Gasteiger partial charge in [0.05, 0.1) is 6.54 Å². The maximum Gasteiger partial charge on any atom is 0.252 e. The van der Waals surface area contributed by atoms with Crippen molar-refractivity contribution in [2.75, 3.05) is 6.61 Å². The molecule has 23 heavy (non-hydrogen) atoms. The minimum atomic E-state index is -0.735. The van der Waals surface area contributed by atoms with Crippen LogP contribution in [0.2, 0.25) is 5.02 Å². The van der Waals surface area contributed by atoms with Gasteiger partial charge in [-0.2, -0.15) is 0 Å². The van der Waals surface area contributed by atoms with Crippen molar-refractivity contribution in [1.29, 1.82) is 0 Å². The molecule has 0 aliphatic carbocycles. The van der Waals surface area contributed by atoms with Crippen LogP contribution in [0.25, 0.3) is 11.3 Å². The van der Waals surface area contributed by atoms with Crippen LogP contribution in [0.4, 0.5) is 0 Å². The summed E-state index contributed by atoms with van der Waals surface area (Å²) in [5.74, 6) is 0.541. The van der Waals surface area contributed by atoms with Crippen molar-refractivity contribution in [3.8, 4) is 11.3 Å². The zero-order chi connectivity index (χ0) is 16.3. The molecule has 1 atom stereocenters. The molecule has 2 heterocycles. The van der Waals surface area contributed by atoms with Crippen LogP contribution in [0.15, 0.2) is 34.9 Å². The summed E-state index contributed by atoms with van der Waals surface area (Å²) < 4.78 is 11.0. The molecular formula is C17H19ClN2O3. The number of rotatable bonds is 4. The monoisotopic (exact) mass is 334 g/mol. The number of carbonyl (C=O) groups excluding carboxylic acids is 1. The second-order valence-electron chi connectivity index (χ2n) is 5.91. The smallest absolute Gasteiger partial charge is 0.252 e. The van der Waals surface area contributed by atoms with Gasteiger partial charge in [0.2, 0.25) is 0 Å². The fourth-order valence-corrected chi connectivity index (χ4v) is 2.74. The summed E-state index contributed by atoms with van der Waals surface area (Å²) in [6.45, 7) is 2.78. The minimum Gasteiger partial charge on any atom is -0.365 e. The van der Waals surface area contributed by atoms with Crippen LogP contribution in [0, 0.1) is 0 Å². The maximum atomic E-state index is 12.3. The molecule has 5 nitrogen and oxygen atoms in total. The summed E-state index contributed by atoms with van der Waals surface area (Å²) in [4.78, 5) is 12.3. The number of nitrogens with one attached hydrogen (secondary N) is 1. The highest BCUT2D eigenvalue weighted by Crippen LogP contribution is 2.25. The van der Waals surface area contributed by atoms with Crippen LogP contribution in [-0.4, -0.2) is 23.3 Å². The molecule has 0 unspecified atom stereocenters. The fraction of sp³-hybridized carbons (Fsp3) is 0.412. The van der Waals surface area contributed by atoms with E-state index in [1.54, 1.807) is 12.1 Å². The lowest BCUT2D eigenvalue weighted by Crippen LogP contribution is -2.48. The van der Waals surface area contributed by atoms with Crippen molar-refractivity contribution < 1.29 is 14.1 Å². The summed E-state index contributed by atoms with van der Waals surface area (Å²) in [5.41, 5.74) is 0.825. The first-order valence-electron chi connectivity index (χ1n) is 7.71. The van der Waals surface area contributed by atoms with Crippen molar-refractivity contribution >= 4 is 17.5 Å². The van der Waals surface area contributed by atoms with E-state index in [9.17, 15) is 4.79 Å². The molecule has 0 bridgehead atoms. The SMILES string of the molecule is C[C@]1(C(=O)NCc2cc(-c3ccc(Cl)cc3)on2)CCCCO1. The lowest BCUT2D eigenvalue weighted by Gasteiger charge is -2.32. The van der Waals surface area contributed by atoms with Gasteiger partial charge in [0.15, 0.2) is 5.76 Å². The van der Waals surface area contributed by atoms with Crippen LogP contribution < -0.4 is 5.32 Å². The Kier molecular flexibility index (Phi) is 4.68. The highest BCUT2D eigenvalue weighted by molar-refractivity contribution is 6.30. The molecule has 1 aliphatic rings. The first kappa shape index (κ1) is 16.0. The van der Waals surface area contributed by atoms with Gasteiger partial charge in [0.25, 0.3) is 5.91 Å². The summed E-state index contributed by atoms with van der Waals surface area (Å²) >= 11 is 5.87. The average Bonchev–Trinajstić information content (AvgIpc) is 3.03. The van der Waals surface area contributed by atoms with Gasteiger partial charge in [-0.05, 0) is 50.5 Å². The van der Waals surface area contributed by atoms with Crippen molar-refractivity contribution in [1.82, 2.24) is 10.5 Å². The van der Waals surface area contributed by atoms with Crippen molar-refractivity contribution in [3.05, 3.63) is 41.0 Å². The zero-order valence-electron chi connectivity index (χ0n) is 13.0. The number of aromatic nitrogens is 1. The Labute approximate surface area is 139 Å². The second-order valence-corrected chi connectivity index (χ2v) is 6.34. The first-order chi connectivity index (χ1) is 11.1. The van der Waals surface area contributed by atoms with Gasteiger partial charge in [0.1, 0.15) is 11.3 Å². The van der Waals surface area contributed by atoms with Gasteiger partial charge in [0, 0.05) is 23.3 Å². The molecule has 6 heteroatoms. The Bertz CT molecular complexity index is 675. The predicted octanol–water partition coefficient (Wildman–Crippen LogP) is 3.57. The van der Waals surface area contributed by atoms with Crippen molar-refractivity contribution in [3.63, 3.8) is 0 Å². The van der Waals surface area contributed by atoms with Crippen molar-refractivity contribution in [2.24, 2.45) is 0 Å². The molecule has 1 amide bonds. The molecule has 1 aliphatic heterocycles. The lowest BCUT2D eigenvalue weighted by atomic mass is 9.95. The van der Waals surface area contributed by atoms with Gasteiger partial charge >= 0.3 is 0 Å². The predicted molar refractivity (Wildman–Crippen MR) is 87.0 cm³/mol. The van der Waals surface area contributed by atoms with Crippen LogP contribution >= 0.6 is 11.6 Å². The Morgan fingerprint density at radius 2 is 2.13 bits per heavy atom. The number of ether oxygens (including phenoxy) is 1. The molecule has 1 aromatic carbocycles. The van der Waals surface area contributed by atoms with E-state index in [0.717, 1.165) is 24.8 Å². The zero-order valence-corrected chi connectivity index (χ0v) is 13.7. The lowest BCUT2D eigenvalue weighted by molar-refractivity contribution is -0.150. The van der Waals surface area contributed by atoms with E-state index in [1.807, 2.05) is 25.1 Å². The van der Waals surface area contributed by atoms with Gasteiger partial charge in [-0.3, -0.25) is 4.79 Å². The number of hydrogen-bond acceptors (Lipinski definition) is 4. The number of halogens is 1. The van der Waals surface area contributed by atoms with Crippen LogP contribution in [-0.2, 0) is 16.1 Å². The summed E-state index contributed by atoms with van der Waals surface area (Å²) in [5, 5.41) is 7.53. The Hall–Kier alpha value is -1.85. The van der Waals surface area contributed by atoms with Crippen molar-refractivity contribution in [2.45, 2.75) is 38.3 Å². The van der Waals surface area contributed by atoms with E-state index < -0.39 is 5.60 Å². The van der Waals surface area contributed by atoms with E-state index >= 15 is 0 Å². The normalized spacial score (nSPS) is 21.1. The summed E-state index contributed by atoms with van der Waals surface area (Å²) in [6, 6.07) is 9.13. The first-order valence-corrected chi connectivity index (χ1v) is 8.08. The molecule has 1 aromatic heterocycles. The topological polar surface area (TPSA) is 64.4 Å². The summed E-state index contributed by atoms with van der Waals surface area (Å²) in [6.07, 6.45) is 2.76. The molecule has 0 spiro atoms. The minimum absolute atomic E-state index is 0.103. The standard InChI is InChI=1S/C17H19ClN2O3/c1-17(8-2-3-9-22-17)16(21)19-11-14-10-15(23-20-14)12-4-6-13(18)7-5-12/h4-7,10H,2-3,8-9,11H2,1H3,(H,19,21)/t17-/m1/s1. The van der Waals surface area contributed by atoms with Gasteiger partial charge in [-0.25, -0.2) is 0 Å². The molecule has 1 fully saturated rings. The summed E-state index contributed by atoms with van der Waals surface area (Å²) in [7, 11) is 0. The largest absolute Gasteiger partial charge is 0.365 e. The highest BCUT2D eigenvalue weighted by atomic mass is 35.5. The van der Waals surface area contributed by atoms with E-state index in [-0.39, 0.29) is 5.91 Å². The number of carbonyl (C=O) groups is 1. The third kappa shape index (κ3) is 3.74. The number of nitrogens with zero attached hydrogens (tertiary/aromatic N) is 1. The van der Waals surface area contributed by atoms with Gasteiger partial charge in [-0.15, -0.1) is 0 Å². The molecule has 1 N–H and O–H groups in total. The van der Waals surface area contributed by atoms with E-state index in [1.165, 1.54) is 0 Å². The van der Waals surface area contributed by atoms with Crippen LogP contribution in [0.1, 0.15) is 31.9 Å². The molecule has 1 saturated heterocycles. The number of amides is 1. The fourth-order valence-electron chi connectivity index (χ4n) is 2.62. The van der Waals surface area contributed by atoms with Crippen LogP contribution in [0.5, 0.6) is 0 Å². The third-order valence-corrected chi connectivity index (χ3v) is 4.32. The van der Waals surface area contributed by atoms with E-state index in [2.05, 4.69) is 10.5 Å².